The second-order valence-corrected chi connectivity index (χ2v) is 9.98. The average molecular weight is 566 g/mol. The first-order chi connectivity index (χ1) is 19.3. The lowest BCUT2D eigenvalue weighted by Gasteiger charge is -2.33. The van der Waals surface area contributed by atoms with Gasteiger partial charge in [0.05, 0.1) is 6.04 Å². The number of aliphatic hydroxyl groups excluding tert-OH is 1. The molecule has 0 aliphatic carbocycles. The number of benzene rings is 2. The molecule has 0 spiro atoms. The van der Waals surface area contributed by atoms with E-state index in [2.05, 4.69) is 18.8 Å². The van der Waals surface area contributed by atoms with Gasteiger partial charge < -0.3 is 25.0 Å². The highest BCUT2D eigenvalue weighted by atomic mass is 35.5. The van der Waals surface area contributed by atoms with Crippen molar-refractivity contribution in [3.63, 3.8) is 0 Å². The minimum atomic E-state index is -0.363. The normalized spacial score (nSPS) is 17.5. The minimum Gasteiger partial charge on any atom is -0.400 e. The van der Waals surface area contributed by atoms with Crippen molar-refractivity contribution in [2.24, 2.45) is 0 Å². The van der Waals surface area contributed by atoms with Gasteiger partial charge in [0.1, 0.15) is 17.3 Å². The average Bonchev–Trinajstić information content (AvgIpc) is 2.98. The summed E-state index contributed by atoms with van der Waals surface area (Å²) in [4.78, 5) is 27.7. The van der Waals surface area contributed by atoms with E-state index in [9.17, 15) is 9.59 Å². The second kappa shape index (κ2) is 14.7. The molecule has 6 nitrogen and oxygen atoms in total. The first-order valence-electron chi connectivity index (χ1n) is 13.4. The Balaban J connectivity index is 0.00000216. The molecule has 212 valence electrons. The lowest BCUT2D eigenvalue weighted by molar-refractivity contribution is -0.128. The summed E-state index contributed by atoms with van der Waals surface area (Å²) in [7, 11) is 1.00. The van der Waals surface area contributed by atoms with Crippen LogP contribution in [0.4, 0.5) is 4.39 Å². The van der Waals surface area contributed by atoms with Crippen molar-refractivity contribution in [2.45, 2.75) is 39.2 Å². The Labute approximate surface area is 241 Å². The van der Waals surface area contributed by atoms with Gasteiger partial charge in [-0.05, 0) is 60.2 Å². The standard InChI is InChI=1S/C31H33ClFN3O2.CH4O/c1-4-5-8-28(26-10-7-6-9-25(26)27-12-11-21(2)17-29(27)33)30(32)36-15-13-23(18-22(36)3)31(38)35-16-14-34-24(19-35)20-37;1-2/h6-7,9-13,15,17-18,20,24,34H,3-5,8,14,16,19H2,1-2H3;2H,1H3/b30-28+;. The summed E-state index contributed by atoms with van der Waals surface area (Å²) in [6.45, 7) is 9.57. The molecule has 1 saturated heterocycles. The van der Waals surface area contributed by atoms with Crippen LogP contribution in [-0.4, -0.2) is 59.9 Å². The molecule has 1 unspecified atom stereocenters. The Kier molecular flexibility index (Phi) is 11.4. The highest BCUT2D eigenvalue weighted by Gasteiger charge is 2.27. The number of aryl methyl sites for hydroxylation is 1. The maximum absolute atomic E-state index is 15.0. The van der Waals surface area contributed by atoms with Gasteiger partial charge in [-0.25, -0.2) is 4.39 Å². The third-order valence-corrected chi connectivity index (χ3v) is 7.26. The number of aliphatic hydroxyl groups is 1. The topological polar surface area (TPSA) is 72.9 Å². The largest absolute Gasteiger partial charge is 0.400 e. The SMILES string of the molecule is C=C1C=C(C(=O)N2CCNC(C=O)C2)C=CN1/C(Cl)=C(\CCCC)c1ccccc1-c1ccc(C)cc1F.CO. The number of nitrogens with zero attached hydrogens (tertiary/aromatic N) is 2. The van der Waals surface area contributed by atoms with Gasteiger partial charge in [0.2, 0.25) is 0 Å². The monoisotopic (exact) mass is 565 g/mol. The zero-order valence-electron chi connectivity index (χ0n) is 23.3. The molecule has 1 fully saturated rings. The van der Waals surface area contributed by atoms with E-state index in [0.717, 1.165) is 48.5 Å². The van der Waals surface area contributed by atoms with E-state index in [1.807, 2.05) is 37.3 Å². The Bertz CT molecular complexity index is 1330. The number of carbonyl (C=O) groups is 2. The molecule has 8 heteroatoms. The van der Waals surface area contributed by atoms with Crippen LogP contribution in [0.3, 0.4) is 0 Å². The van der Waals surface area contributed by atoms with E-state index in [0.29, 0.717) is 48.0 Å². The number of piperazine rings is 1. The maximum atomic E-state index is 15.0. The fourth-order valence-electron chi connectivity index (χ4n) is 4.78. The number of carbonyl (C=O) groups excluding carboxylic acids is 2. The molecule has 4 rings (SSSR count). The molecule has 0 bridgehead atoms. The molecule has 2 aromatic rings. The van der Waals surface area contributed by atoms with Gasteiger partial charge in [-0.15, -0.1) is 0 Å². The van der Waals surface area contributed by atoms with Gasteiger partial charge in [-0.1, -0.05) is 67.9 Å². The van der Waals surface area contributed by atoms with Crippen molar-refractivity contribution in [2.75, 3.05) is 26.7 Å². The molecule has 2 aromatic carbocycles. The molecule has 40 heavy (non-hydrogen) atoms. The molecule has 0 aromatic heterocycles. The quantitative estimate of drug-likeness (QED) is 0.314. The van der Waals surface area contributed by atoms with Crippen molar-refractivity contribution in [3.05, 3.63) is 101 Å². The number of halogens is 2. The van der Waals surface area contributed by atoms with Crippen LogP contribution in [0.2, 0.25) is 0 Å². The summed E-state index contributed by atoms with van der Waals surface area (Å²) in [5.74, 6) is -0.427. The van der Waals surface area contributed by atoms with Gasteiger partial charge in [0.25, 0.3) is 5.91 Å². The molecule has 1 atom stereocenters. The van der Waals surface area contributed by atoms with Gasteiger partial charge in [-0.3, -0.25) is 4.79 Å². The molecule has 1 amide bonds. The van der Waals surface area contributed by atoms with Crippen molar-refractivity contribution in [1.82, 2.24) is 15.1 Å². The van der Waals surface area contributed by atoms with Gasteiger partial charge >= 0.3 is 0 Å². The molecule has 2 heterocycles. The number of allylic oxidation sites excluding steroid dienone is 2. The summed E-state index contributed by atoms with van der Waals surface area (Å²) < 4.78 is 15.0. The highest BCUT2D eigenvalue weighted by molar-refractivity contribution is 6.32. The minimum absolute atomic E-state index is 0.151. The lowest BCUT2D eigenvalue weighted by Crippen LogP contribution is -2.53. The van der Waals surface area contributed by atoms with Crippen LogP contribution in [-0.2, 0) is 9.59 Å². The Hall–Kier alpha value is -3.52. The van der Waals surface area contributed by atoms with Crippen LogP contribution in [0.15, 0.2) is 83.8 Å². The van der Waals surface area contributed by atoms with Crippen molar-refractivity contribution in [1.29, 1.82) is 0 Å². The summed E-state index contributed by atoms with van der Waals surface area (Å²) >= 11 is 7.06. The van der Waals surface area contributed by atoms with Gasteiger partial charge in [0, 0.05) is 49.8 Å². The van der Waals surface area contributed by atoms with Crippen LogP contribution in [0, 0.1) is 12.7 Å². The number of aldehydes is 1. The molecule has 2 aliphatic heterocycles. The predicted octanol–water partition coefficient (Wildman–Crippen LogP) is 5.78. The molecule has 0 saturated carbocycles. The first kappa shape index (κ1) is 31.0. The molecule has 0 radical (unpaired) electrons. The van der Waals surface area contributed by atoms with E-state index in [-0.39, 0.29) is 17.8 Å². The van der Waals surface area contributed by atoms with E-state index >= 15 is 4.39 Å². The van der Waals surface area contributed by atoms with Crippen molar-refractivity contribution >= 4 is 29.4 Å². The van der Waals surface area contributed by atoms with Crippen LogP contribution in [0.25, 0.3) is 16.7 Å². The summed E-state index contributed by atoms with van der Waals surface area (Å²) in [6.07, 6.45) is 8.58. The zero-order chi connectivity index (χ0) is 29.2. The van der Waals surface area contributed by atoms with Crippen LogP contribution < -0.4 is 5.32 Å². The number of nitrogens with one attached hydrogen (secondary N) is 1. The maximum Gasteiger partial charge on any atom is 0.254 e. The first-order valence-corrected chi connectivity index (χ1v) is 13.8. The number of rotatable bonds is 8. The van der Waals surface area contributed by atoms with E-state index in [1.165, 1.54) is 6.07 Å². The van der Waals surface area contributed by atoms with Crippen LogP contribution in [0.1, 0.15) is 37.3 Å². The Morgan fingerprint density at radius 1 is 1.23 bits per heavy atom. The number of hydrogen-bond donors (Lipinski definition) is 2. The summed E-state index contributed by atoms with van der Waals surface area (Å²) in [5, 5.41) is 10.5. The second-order valence-electron chi connectivity index (χ2n) is 9.63. The predicted molar refractivity (Wildman–Crippen MR) is 160 cm³/mol. The number of amides is 1. The van der Waals surface area contributed by atoms with Crippen molar-refractivity contribution in [3.8, 4) is 11.1 Å². The highest BCUT2D eigenvalue weighted by Crippen LogP contribution is 2.38. The van der Waals surface area contributed by atoms with Gasteiger partial charge in [0.15, 0.2) is 0 Å². The van der Waals surface area contributed by atoms with E-state index in [4.69, 9.17) is 16.7 Å². The van der Waals surface area contributed by atoms with Gasteiger partial charge in [-0.2, -0.15) is 0 Å². The summed E-state index contributed by atoms with van der Waals surface area (Å²) in [5.41, 5.74) is 4.94. The smallest absolute Gasteiger partial charge is 0.254 e. The van der Waals surface area contributed by atoms with Crippen molar-refractivity contribution < 1.29 is 19.1 Å². The van der Waals surface area contributed by atoms with Crippen LogP contribution in [0.5, 0.6) is 0 Å². The fraction of sp³-hybridized carbons (Fsp3) is 0.312. The molecule has 2 N–H and O–H groups in total. The Morgan fingerprint density at radius 3 is 2.65 bits per heavy atom. The molecule has 2 aliphatic rings. The van der Waals surface area contributed by atoms with E-state index in [1.54, 1.807) is 34.2 Å². The fourth-order valence-corrected chi connectivity index (χ4v) is 5.14. The lowest BCUT2D eigenvalue weighted by atomic mass is 9.91. The third-order valence-electron chi connectivity index (χ3n) is 6.85. The molecular formula is C32H37ClFN3O3. The number of unbranched alkanes of at least 4 members (excludes halogenated alkanes) is 1. The number of hydrogen-bond acceptors (Lipinski definition) is 5. The zero-order valence-corrected chi connectivity index (χ0v) is 24.0. The summed E-state index contributed by atoms with van der Waals surface area (Å²) in [6, 6.07) is 12.6. The van der Waals surface area contributed by atoms with Crippen LogP contribution >= 0.6 is 11.6 Å². The Morgan fingerprint density at radius 2 is 1.98 bits per heavy atom. The van der Waals surface area contributed by atoms with E-state index < -0.39 is 0 Å². The molecular weight excluding hydrogens is 529 g/mol. The third kappa shape index (κ3) is 7.16.